The first kappa shape index (κ1) is 14.4. The molecule has 0 amide bonds. The number of allylic oxidation sites excluding steroid dienone is 5. The van der Waals surface area contributed by atoms with Crippen LogP contribution >= 0.6 is 23.1 Å². The topological polar surface area (TPSA) is 30.7 Å². The van der Waals surface area contributed by atoms with Crippen LogP contribution in [-0.2, 0) is 6.54 Å². The van der Waals surface area contributed by atoms with Gasteiger partial charge < -0.3 is 4.57 Å². The van der Waals surface area contributed by atoms with Gasteiger partial charge in [0.1, 0.15) is 0 Å². The van der Waals surface area contributed by atoms with Crippen LogP contribution in [0.15, 0.2) is 58.6 Å². The fourth-order valence-corrected chi connectivity index (χ4v) is 3.87. The van der Waals surface area contributed by atoms with Gasteiger partial charge in [-0.25, -0.2) is 0 Å². The standard InChI is InChI=1S/C16H17N3S2/c1-2-19-15(14-10-7-11-20-14)17-18-16(19)21-12-13-8-5-3-4-6-9-13/h3-8,10-11H,2,9,12H2,1H3. The highest BCUT2D eigenvalue weighted by Gasteiger charge is 2.14. The van der Waals surface area contributed by atoms with Crippen molar-refractivity contribution in [3.05, 3.63) is 53.5 Å². The minimum Gasteiger partial charge on any atom is -0.302 e. The van der Waals surface area contributed by atoms with Gasteiger partial charge in [-0.2, -0.15) is 0 Å². The maximum Gasteiger partial charge on any atom is 0.191 e. The summed E-state index contributed by atoms with van der Waals surface area (Å²) in [6.07, 6.45) is 11.7. The Kier molecular flexibility index (Phi) is 4.72. The van der Waals surface area contributed by atoms with Crippen LogP contribution in [0.2, 0.25) is 0 Å². The smallest absolute Gasteiger partial charge is 0.191 e. The molecule has 0 atom stereocenters. The Morgan fingerprint density at radius 3 is 3.05 bits per heavy atom. The minimum absolute atomic E-state index is 0.890. The maximum absolute atomic E-state index is 4.37. The molecule has 21 heavy (non-hydrogen) atoms. The first-order chi connectivity index (χ1) is 10.4. The summed E-state index contributed by atoms with van der Waals surface area (Å²) in [7, 11) is 0. The monoisotopic (exact) mass is 315 g/mol. The maximum atomic E-state index is 4.37. The van der Waals surface area contributed by atoms with Gasteiger partial charge in [-0.1, -0.05) is 53.8 Å². The molecule has 0 saturated carbocycles. The lowest BCUT2D eigenvalue weighted by Gasteiger charge is -2.07. The molecule has 0 unspecified atom stereocenters. The molecule has 1 aliphatic carbocycles. The Morgan fingerprint density at radius 1 is 1.29 bits per heavy atom. The third kappa shape index (κ3) is 3.36. The zero-order valence-electron chi connectivity index (χ0n) is 11.9. The highest BCUT2D eigenvalue weighted by atomic mass is 32.2. The van der Waals surface area contributed by atoms with Crippen LogP contribution < -0.4 is 0 Å². The zero-order valence-corrected chi connectivity index (χ0v) is 13.5. The van der Waals surface area contributed by atoms with Crippen LogP contribution in [0.1, 0.15) is 13.3 Å². The lowest BCUT2D eigenvalue weighted by Crippen LogP contribution is -1.99. The van der Waals surface area contributed by atoms with Crippen molar-refractivity contribution < 1.29 is 0 Å². The third-order valence-corrected chi connectivity index (χ3v) is 5.17. The highest BCUT2D eigenvalue weighted by molar-refractivity contribution is 7.99. The first-order valence-electron chi connectivity index (χ1n) is 6.99. The summed E-state index contributed by atoms with van der Waals surface area (Å²) in [5, 5.41) is 11.8. The van der Waals surface area contributed by atoms with Crippen molar-refractivity contribution in [1.82, 2.24) is 14.8 Å². The SMILES string of the molecule is CCn1c(SCC2=CC=CC=CC2)nnc1-c1cccs1. The Balaban J connectivity index is 1.75. The molecule has 0 fully saturated rings. The predicted molar refractivity (Wildman–Crippen MR) is 90.7 cm³/mol. The molecule has 0 saturated heterocycles. The average molecular weight is 315 g/mol. The van der Waals surface area contributed by atoms with Gasteiger partial charge in [0.05, 0.1) is 4.88 Å². The molecule has 5 heteroatoms. The summed E-state index contributed by atoms with van der Waals surface area (Å²) >= 11 is 3.47. The van der Waals surface area contributed by atoms with Crippen LogP contribution in [-0.4, -0.2) is 20.5 Å². The lowest BCUT2D eigenvalue weighted by atomic mass is 10.2. The molecule has 0 spiro atoms. The molecule has 0 aliphatic heterocycles. The molecule has 3 rings (SSSR count). The number of hydrogen-bond acceptors (Lipinski definition) is 4. The van der Waals surface area contributed by atoms with Crippen molar-refractivity contribution in [2.75, 3.05) is 5.75 Å². The number of aromatic nitrogens is 3. The van der Waals surface area contributed by atoms with Crippen molar-refractivity contribution in [1.29, 1.82) is 0 Å². The number of thioether (sulfide) groups is 1. The van der Waals surface area contributed by atoms with Gasteiger partial charge in [-0.05, 0) is 24.8 Å². The van der Waals surface area contributed by atoms with Crippen LogP contribution in [0.5, 0.6) is 0 Å². The summed E-state index contributed by atoms with van der Waals surface area (Å²) in [4.78, 5) is 1.18. The second-order valence-electron chi connectivity index (χ2n) is 4.66. The molecule has 2 aromatic rings. The molecule has 2 heterocycles. The molecule has 0 radical (unpaired) electrons. The molecule has 0 bridgehead atoms. The Bertz CT molecular complexity index is 678. The third-order valence-electron chi connectivity index (χ3n) is 3.23. The number of nitrogens with zero attached hydrogens (tertiary/aromatic N) is 3. The van der Waals surface area contributed by atoms with Crippen LogP contribution in [0.25, 0.3) is 10.7 Å². The zero-order chi connectivity index (χ0) is 14.5. The van der Waals surface area contributed by atoms with E-state index in [1.165, 1.54) is 10.5 Å². The van der Waals surface area contributed by atoms with Crippen molar-refractivity contribution in [2.24, 2.45) is 0 Å². The summed E-state index contributed by atoms with van der Waals surface area (Å²) in [6.45, 7) is 3.03. The fraction of sp³-hybridized carbons (Fsp3) is 0.250. The van der Waals surface area contributed by atoms with Gasteiger partial charge in [-0.3, -0.25) is 0 Å². The quantitative estimate of drug-likeness (QED) is 0.758. The van der Waals surface area contributed by atoms with Gasteiger partial charge in [0.15, 0.2) is 11.0 Å². The van der Waals surface area contributed by atoms with Gasteiger partial charge in [-0.15, -0.1) is 21.5 Å². The number of thiophene rings is 1. The second-order valence-corrected chi connectivity index (χ2v) is 6.55. The van der Waals surface area contributed by atoms with E-state index < -0.39 is 0 Å². The molecular weight excluding hydrogens is 298 g/mol. The van der Waals surface area contributed by atoms with E-state index in [2.05, 4.69) is 69.6 Å². The Morgan fingerprint density at radius 2 is 2.24 bits per heavy atom. The van der Waals surface area contributed by atoms with E-state index in [4.69, 9.17) is 0 Å². The summed E-state index contributed by atoms with van der Waals surface area (Å²) in [5.74, 6) is 1.93. The van der Waals surface area contributed by atoms with E-state index >= 15 is 0 Å². The largest absolute Gasteiger partial charge is 0.302 e. The summed E-state index contributed by atoms with van der Waals surface area (Å²) in [5.41, 5.74) is 1.41. The van der Waals surface area contributed by atoms with Crippen molar-refractivity contribution >= 4 is 23.1 Å². The normalized spacial score (nSPS) is 14.2. The molecule has 0 N–H and O–H groups in total. The fourth-order valence-electron chi connectivity index (χ4n) is 2.15. The molecular formula is C16H17N3S2. The van der Waals surface area contributed by atoms with Crippen molar-refractivity contribution in [3.63, 3.8) is 0 Å². The van der Waals surface area contributed by atoms with Gasteiger partial charge in [0, 0.05) is 12.3 Å². The molecule has 2 aromatic heterocycles. The van der Waals surface area contributed by atoms with E-state index in [0.29, 0.717) is 0 Å². The Labute approximate surface area is 133 Å². The van der Waals surface area contributed by atoms with E-state index in [1.54, 1.807) is 23.1 Å². The minimum atomic E-state index is 0.890. The van der Waals surface area contributed by atoms with Gasteiger partial charge in [0.2, 0.25) is 0 Å². The van der Waals surface area contributed by atoms with Crippen LogP contribution in [0.4, 0.5) is 0 Å². The van der Waals surface area contributed by atoms with Crippen molar-refractivity contribution in [2.45, 2.75) is 25.0 Å². The average Bonchev–Trinajstić information content (AvgIpc) is 3.09. The van der Waals surface area contributed by atoms with Crippen LogP contribution in [0, 0.1) is 0 Å². The predicted octanol–water partition coefficient (Wildman–Crippen LogP) is 4.56. The van der Waals surface area contributed by atoms with Gasteiger partial charge in [0.25, 0.3) is 0 Å². The van der Waals surface area contributed by atoms with E-state index in [0.717, 1.165) is 29.7 Å². The van der Waals surface area contributed by atoms with E-state index in [1.807, 2.05) is 0 Å². The number of rotatable bonds is 5. The molecule has 108 valence electrons. The first-order valence-corrected chi connectivity index (χ1v) is 8.86. The molecule has 3 nitrogen and oxygen atoms in total. The van der Waals surface area contributed by atoms with Gasteiger partial charge >= 0.3 is 0 Å². The molecule has 0 aromatic carbocycles. The van der Waals surface area contributed by atoms with E-state index in [-0.39, 0.29) is 0 Å². The van der Waals surface area contributed by atoms with E-state index in [9.17, 15) is 0 Å². The Hall–Kier alpha value is -1.59. The van der Waals surface area contributed by atoms with Crippen molar-refractivity contribution in [3.8, 4) is 10.7 Å². The summed E-state index contributed by atoms with van der Waals surface area (Å²) in [6, 6.07) is 4.15. The lowest BCUT2D eigenvalue weighted by molar-refractivity contribution is 0.688. The highest BCUT2D eigenvalue weighted by Crippen LogP contribution is 2.28. The summed E-state index contributed by atoms with van der Waals surface area (Å²) < 4.78 is 2.19. The molecule has 1 aliphatic rings. The second kappa shape index (κ2) is 6.91. The number of hydrogen-bond donors (Lipinski definition) is 0. The van der Waals surface area contributed by atoms with Crippen LogP contribution in [0.3, 0.4) is 0 Å².